The smallest absolute Gasteiger partial charge is 0.407 e. The molecule has 1 heterocycles. The van der Waals surface area contributed by atoms with Crippen LogP contribution in [0.4, 0.5) is 4.79 Å². The van der Waals surface area contributed by atoms with Crippen LogP contribution in [0.3, 0.4) is 0 Å². The fourth-order valence-corrected chi connectivity index (χ4v) is 1.53. The molecule has 3 nitrogen and oxygen atoms in total. The van der Waals surface area contributed by atoms with Crippen molar-refractivity contribution in [1.29, 1.82) is 0 Å². The minimum atomic E-state index is -0.289. The second kappa shape index (κ2) is 3.01. The lowest BCUT2D eigenvalue weighted by molar-refractivity contribution is 0.176. The fourth-order valence-electron chi connectivity index (χ4n) is 1.53. The largest absolute Gasteiger partial charge is 0.447 e. The average molecular weight is 165 g/mol. The summed E-state index contributed by atoms with van der Waals surface area (Å²) in [6.07, 6.45) is 8.95. The molecule has 3 heteroatoms. The predicted molar refractivity (Wildman–Crippen MR) is 44.7 cm³/mol. The molecule has 0 aromatic heterocycles. The van der Waals surface area contributed by atoms with Gasteiger partial charge in [-0.15, -0.1) is 0 Å². The van der Waals surface area contributed by atoms with Gasteiger partial charge in [-0.1, -0.05) is 24.3 Å². The highest BCUT2D eigenvalue weighted by molar-refractivity contribution is 5.69. The Kier molecular flexibility index (Phi) is 1.86. The molecule has 12 heavy (non-hydrogen) atoms. The molecule has 0 saturated carbocycles. The van der Waals surface area contributed by atoms with E-state index in [1.165, 1.54) is 0 Å². The van der Waals surface area contributed by atoms with Crippen molar-refractivity contribution >= 4 is 6.09 Å². The Morgan fingerprint density at radius 1 is 1.50 bits per heavy atom. The maximum Gasteiger partial charge on any atom is 0.407 e. The van der Waals surface area contributed by atoms with Gasteiger partial charge in [0.15, 0.2) is 0 Å². The van der Waals surface area contributed by atoms with Crippen LogP contribution in [-0.2, 0) is 4.74 Å². The van der Waals surface area contributed by atoms with E-state index in [9.17, 15) is 4.79 Å². The lowest BCUT2D eigenvalue weighted by Crippen LogP contribution is -2.33. The first-order valence-electron chi connectivity index (χ1n) is 4.13. The van der Waals surface area contributed by atoms with Gasteiger partial charge in [-0.2, -0.15) is 0 Å². The first kappa shape index (κ1) is 7.40. The van der Waals surface area contributed by atoms with Gasteiger partial charge in [0.1, 0.15) is 6.61 Å². The lowest BCUT2D eigenvalue weighted by Gasteiger charge is -2.17. The van der Waals surface area contributed by atoms with Crippen molar-refractivity contribution in [3.63, 3.8) is 0 Å². The van der Waals surface area contributed by atoms with E-state index in [0.29, 0.717) is 12.5 Å². The Labute approximate surface area is 71.1 Å². The van der Waals surface area contributed by atoms with Crippen LogP contribution < -0.4 is 5.32 Å². The molecule has 1 N–H and O–H groups in total. The van der Waals surface area contributed by atoms with Gasteiger partial charge in [-0.25, -0.2) is 4.79 Å². The molecule has 0 bridgehead atoms. The van der Waals surface area contributed by atoms with Crippen LogP contribution in [-0.4, -0.2) is 18.7 Å². The molecular weight excluding hydrogens is 154 g/mol. The third-order valence-corrected chi connectivity index (χ3v) is 2.23. The lowest BCUT2D eigenvalue weighted by atomic mass is 9.94. The monoisotopic (exact) mass is 165 g/mol. The van der Waals surface area contributed by atoms with E-state index < -0.39 is 0 Å². The number of cyclic esters (lactones) is 1. The number of carbonyl (C=O) groups is 1. The number of alkyl carbamates (subject to hydrolysis) is 1. The third kappa shape index (κ3) is 1.35. The minimum Gasteiger partial charge on any atom is -0.447 e. The molecule has 0 radical (unpaired) electrons. The van der Waals surface area contributed by atoms with E-state index in [-0.39, 0.29) is 12.1 Å². The van der Waals surface area contributed by atoms with Crippen LogP contribution in [0.15, 0.2) is 24.3 Å². The standard InChI is InChI=1S/C9H11NO2/c11-9-10-8(6-12-9)7-4-2-1-3-5-7/h1-4,7-8H,5-6H2,(H,10,11)/t7?,8-/m1/s1. The van der Waals surface area contributed by atoms with Gasteiger partial charge in [0.25, 0.3) is 0 Å². The van der Waals surface area contributed by atoms with E-state index in [2.05, 4.69) is 17.5 Å². The molecule has 2 aliphatic rings. The van der Waals surface area contributed by atoms with Gasteiger partial charge in [-0.05, 0) is 6.42 Å². The summed E-state index contributed by atoms with van der Waals surface area (Å²) in [6, 6.07) is 0.165. The van der Waals surface area contributed by atoms with Crippen molar-refractivity contribution < 1.29 is 9.53 Å². The number of rotatable bonds is 1. The summed E-state index contributed by atoms with van der Waals surface area (Å²) in [4.78, 5) is 10.7. The SMILES string of the molecule is O=C1N[C@@H](C2C=CC=CC2)CO1. The third-order valence-electron chi connectivity index (χ3n) is 2.23. The van der Waals surface area contributed by atoms with Crippen LogP contribution >= 0.6 is 0 Å². The van der Waals surface area contributed by atoms with E-state index in [1.54, 1.807) is 0 Å². The van der Waals surface area contributed by atoms with Gasteiger partial charge in [-0.3, -0.25) is 0 Å². The summed E-state index contributed by atoms with van der Waals surface area (Å²) in [7, 11) is 0. The normalized spacial score (nSPS) is 33.2. The van der Waals surface area contributed by atoms with Crippen LogP contribution in [0.2, 0.25) is 0 Å². The molecule has 1 aliphatic heterocycles. The first-order valence-corrected chi connectivity index (χ1v) is 4.13. The van der Waals surface area contributed by atoms with Gasteiger partial charge < -0.3 is 10.1 Å². The van der Waals surface area contributed by atoms with Crippen molar-refractivity contribution in [2.75, 3.05) is 6.61 Å². The topological polar surface area (TPSA) is 38.3 Å². The van der Waals surface area contributed by atoms with Crippen molar-refractivity contribution in [1.82, 2.24) is 5.32 Å². The first-order chi connectivity index (χ1) is 5.86. The zero-order valence-electron chi connectivity index (χ0n) is 6.69. The molecule has 0 aromatic carbocycles. The molecule has 64 valence electrons. The van der Waals surface area contributed by atoms with Crippen LogP contribution in [0.1, 0.15) is 6.42 Å². The van der Waals surface area contributed by atoms with Gasteiger partial charge in [0.2, 0.25) is 0 Å². The van der Waals surface area contributed by atoms with Crippen LogP contribution in [0.5, 0.6) is 0 Å². The Morgan fingerprint density at radius 2 is 2.42 bits per heavy atom. The maximum absolute atomic E-state index is 10.7. The average Bonchev–Trinajstić information content (AvgIpc) is 2.54. The quantitative estimate of drug-likeness (QED) is 0.634. The zero-order chi connectivity index (χ0) is 8.39. The number of amides is 1. The maximum atomic E-state index is 10.7. The zero-order valence-corrected chi connectivity index (χ0v) is 6.69. The highest BCUT2D eigenvalue weighted by Gasteiger charge is 2.28. The van der Waals surface area contributed by atoms with Gasteiger partial charge in [0, 0.05) is 5.92 Å². The molecule has 1 amide bonds. The number of hydrogen-bond donors (Lipinski definition) is 1. The Bertz CT molecular complexity index is 245. The van der Waals surface area contributed by atoms with Gasteiger partial charge >= 0.3 is 6.09 Å². The molecule has 2 atom stereocenters. The number of hydrogen-bond acceptors (Lipinski definition) is 2. The Hall–Kier alpha value is -1.25. The minimum absolute atomic E-state index is 0.165. The summed E-state index contributed by atoms with van der Waals surface area (Å²) in [5, 5.41) is 2.78. The molecule has 0 aromatic rings. The van der Waals surface area contributed by atoms with E-state index in [0.717, 1.165) is 6.42 Å². The summed E-state index contributed by atoms with van der Waals surface area (Å²) in [5.41, 5.74) is 0. The number of allylic oxidation sites excluding steroid dienone is 3. The molecule has 1 unspecified atom stereocenters. The number of carbonyl (C=O) groups excluding carboxylic acids is 1. The van der Waals surface area contributed by atoms with Crippen LogP contribution in [0, 0.1) is 5.92 Å². The van der Waals surface area contributed by atoms with Crippen molar-refractivity contribution in [2.45, 2.75) is 12.5 Å². The predicted octanol–water partition coefficient (Wildman–Crippen LogP) is 1.23. The van der Waals surface area contributed by atoms with Crippen LogP contribution in [0.25, 0.3) is 0 Å². The van der Waals surface area contributed by atoms with Gasteiger partial charge in [0.05, 0.1) is 6.04 Å². The second-order valence-corrected chi connectivity index (χ2v) is 3.06. The molecule has 1 aliphatic carbocycles. The molecule has 1 fully saturated rings. The van der Waals surface area contributed by atoms with Crippen molar-refractivity contribution in [3.8, 4) is 0 Å². The fraction of sp³-hybridized carbons (Fsp3) is 0.444. The molecular formula is C9H11NO2. The second-order valence-electron chi connectivity index (χ2n) is 3.06. The highest BCUT2D eigenvalue weighted by atomic mass is 16.6. The summed E-state index contributed by atoms with van der Waals surface area (Å²) in [5.74, 6) is 0.404. The summed E-state index contributed by atoms with van der Waals surface area (Å²) < 4.78 is 4.81. The highest BCUT2D eigenvalue weighted by Crippen LogP contribution is 2.18. The Balaban J connectivity index is 1.97. The molecule has 1 saturated heterocycles. The van der Waals surface area contributed by atoms with Crippen molar-refractivity contribution in [2.24, 2.45) is 5.92 Å². The number of ether oxygens (including phenoxy) is 1. The molecule has 2 rings (SSSR count). The number of nitrogens with one attached hydrogen (secondary N) is 1. The van der Waals surface area contributed by atoms with E-state index >= 15 is 0 Å². The van der Waals surface area contributed by atoms with Crippen molar-refractivity contribution in [3.05, 3.63) is 24.3 Å². The van der Waals surface area contributed by atoms with E-state index in [4.69, 9.17) is 4.74 Å². The summed E-state index contributed by atoms with van der Waals surface area (Å²) in [6.45, 7) is 0.502. The Morgan fingerprint density at radius 3 is 3.00 bits per heavy atom. The molecule has 0 spiro atoms. The van der Waals surface area contributed by atoms with E-state index in [1.807, 2.05) is 12.2 Å². The summed E-state index contributed by atoms with van der Waals surface area (Å²) >= 11 is 0.